The van der Waals surface area contributed by atoms with E-state index in [1.165, 1.54) is 6.07 Å². The van der Waals surface area contributed by atoms with Gasteiger partial charge in [0, 0.05) is 12.0 Å². The Morgan fingerprint density at radius 1 is 1.54 bits per heavy atom. The van der Waals surface area contributed by atoms with Gasteiger partial charge in [-0.3, -0.25) is 10.1 Å². The number of benzene rings is 1. The number of nitro groups is 1. The maximum Gasteiger partial charge on any atom is 0.276 e. The number of hydrogen-bond acceptors (Lipinski definition) is 3. The van der Waals surface area contributed by atoms with Crippen LogP contribution in [-0.4, -0.2) is 11.5 Å². The van der Waals surface area contributed by atoms with E-state index in [2.05, 4.69) is 0 Å². The van der Waals surface area contributed by atoms with Crippen LogP contribution < -0.4 is 4.74 Å². The minimum absolute atomic E-state index is 0.139. The molecule has 0 aromatic heterocycles. The zero-order valence-corrected chi connectivity index (χ0v) is 7.24. The molecule has 1 aromatic rings. The quantitative estimate of drug-likeness (QED) is 0.488. The summed E-state index contributed by atoms with van der Waals surface area (Å²) in [7, 11) is 0. The standard InChI is InChI=1S/C9H9NO3/c1-6-4-7-2-3-13-9(7)5-8(6)10(11)12/h4-5H,2-3H2,1H3. The Morgan fingerprint density at radius 3 is 3.00 bits per heavy atom. The molecule has 68 valence electrons. The van der Waals surface area contributed by atoms with Crippen molar-refractivity contribution >= 4 is 5.69 Å². The molecule has 0 unspecified atom stereocenters. The number of hydrogen-bond donors (Lipinski definition) is 0. The molecule has 0 aliphatic carbocycles. The summed E-state index contributed by atoms with van der Waals surface area (Å²) in [4.78, 5) is 10.2. The van der Waals surface area contributed by atoms with Crippen LogP contribution in [0.5, 0.6) is 5.75 Å². The molecule has 0 fully saturated rings. The van der Waals surface area contributed by atoms with Gasteiger partial charge >= 0.3 is 0 Å². The second kappa shape index (κ2) is 2.73. The van der Waals surface area contributed by atoms with E-state index in [4.69, 9.17) is 4.74 Å². The first kappa shape index (κ1) is 8.04. The van der Waals surface area contributed by atoms with Gasteiger partial charge in [-0.2, -0.15) is 0 Å². The van der Waals surface area contributed by atoms with Crippen LogP contribution in [0.3, 0.4) is 0 Å². The van der Waals surface area contributed by atoms with Gasteiger partial charge in [0.25, 0.3) is 5.69 Å². The van der Waals surface area contributed by atoms with Crippen molar-refractivity contribution in [2.24, 2.45) is 0 Å². The van der Waals surface area contributed by atoms with Gasteiger partial charge in [0.1, 0.15) is 5.75 Å². The maximum absolute atomic E-state index is 10.6. The lowest BCUT2D eigenvalue weighted by atomic mass is 10.1. The molecule has 0 atom stereocenters. The Hall–Kier alpha value is -1.58. The summed E-state index contributed by atoms with van der Waals surface area (Å²) < 4.78 is 5.24. The second-order valence-corrected chi connectivity index (χ2v) is 3.10. The highest BCUT2D eigenvalue weighted by molar-refractivity contribution is 5.51. The summed E-state index contributed by atoms with van der Waals surface area (Å²) in [6.07, 6.45) is 0.855. The lowest BCUT2D eigenvalue weighted by Crippen LogP contribution is -1.92. The van der Waals surface area contributed by atoms with E-state index >= 15 is 0 Å². The van der Waals surface area contributed by atoms with Gasteiger partial charge in [0.05, 0.1) is 17.6 Å². The number of ether oxygens (including phenoxy) is 1. The summed E-state index contributed by atoms with van der Waals surface area (Å²) in [5, 5.41) is 10.6. The molecule has 0 bridgehead atoms. The molecular weight excluding hydrogens is 170 g/mol. The third-order valence-electron chi connectivity index (χ3n) is 2.20. The Balaban J connectivity index is 2.55. The molecule has 1 aromatic carbocycles. The number of fused-ring (bicyclic) bond motifs is 1. The van der Waals surface area contributed by atoms with Crippen LogP contribution in [0.2, 0.25) is 0 Å². The predicted octanol–water partition coefficient (Wildman–Crippen LogP) is 1.84. The molecule has 2 rings (SSSR count). The number of nitro benzene ring substituents is 1. The fourth-order valence-electron chi connectivity index (χ4n) is 1.53. The summed E-state index contributed by atoms with van der Waals surface area (Å²) >= 11 is 0. The zero-order valence-electron chi connectivity index (χ0n) is 7.24. The van der Waals surface area contributed by atoms with Crippen LogP contribution in [0, 0.1) is 17.0 Å². The summed E-state index contributed by atoms with van der Waals surface area (Å²) in [5.74, 6) is 0.664. The molecular formula is C9H9NO3. The summed E-state index contributed by atoms with van der Waals surface area (Å²) in [5.41, 5.74) is 1.91. The van der Waals surface area contributed by atoms with Gasteiger partial charge in [-0.25, -0.2) is 0 Å². The van der Waals surface area contributed by atoms with Gasteiger partial charge < -0.3 is 4.74 Å². The molecule has 0 spiro atoms. The first-order chi connectivity index (χ1) is 6.18. The van der Waals surface area contributed by atoms with Crippen LogP contribution >= 0.6 is 0 Å². The van der Waals surface area contributed by atoms with Crippen molar-refractivity contribution in [3.05, 3.63) is 33.4 Å². The first-order valence-electron chi connectivity index (χ1n) is 4.09. The highest BCUT2D eigenvalue weighted by Crippen LogP contribution is 2.32. The molecule has 0 amide bonds. The van der Waals surface area contributed by atoms with E-state index in [9.17, 15) is 10.1 Å². The third-order valence-corrected chi connectivity index (χ3v) is 2.20. The van der Waals surface area contributed by atoms with Crippen LogP contribution in [0.25, 0.3) is 0 Å². The molecule has 13 heavy (non-hydrogen) atoms. The first-order valence-corrected chi connectivity index (χ1v) is 4.09. The third kappa shape index (κ3) is 1.24. The fourth-order valence-corrected chi connectivity index (χ4v) is 1.53. The molecule has 0 saturated heterocycles. The van der Waals surface area contributed by atoms with E-state index in [1.54, 1.807) is 6.92 Å². The Morgan fingerprint density at radius 2 is 2.31 bits per heavy atom. The second-order valence-electron chi connectivity index (χ2n) is 3.10. The summed E-state index contributed by atoms with van der Waals surface area (Å²) in [6, 6.07) is 3.35. The lowest BCUT2D eigenvalue weighted by Gasteiger charge is -2.00. The fraction of sp³-hybridized carbons (Fsp3) is 0.333. The zero-order chi connectivity index (χ0) is 9.42. The molecule has 0 N–H and O–H groups in total. The Labute approximate surface area is 75.3 Å². The molecule has 4 heteroatoms. The van der Waals surface area contributed by atoms with E-state index in [0.29, 0.717) is 17.9 Å². The van der Waals surface area contributed by atoms with Crippen molar-refractivity contribution in [2.45, 2.75) is 13.3 Å². The van der Waals surface area contributed by atoms with Gasteiger partial charge in [-0.1, -0.05) is 0 Å². The van der Waals surface area contributed by atoms with Crippen molar-refractivity contribution in [1.29, 1.82) is 0 Å². The highest BCUT2D eigenvalue weighted by Gasteiger charge is 2.19. The van der Waals surface area contributed by atoms with E-state index < -0.39 is 0 Å². The highest BCUT2D eigenvalue weighted by atomic mass is 16.6. The van der Waals surface area contributed by atoms with Crippen LogP contribution in [0.1, 0.15) is 11.1 Å². The lowest BCUT2D eigenvalue weighted by molar-refractivity contribution is -0.385. The number of aryl methyl sites for hydroxylation is 1. The molecule has 0 radical (unpaired) electrons. The van der Waals surface area contributed by atoms with Crippen molar-refractivity contribution in [3.8, 4) is 5.75 Å². The SMILES string of the molecule is Cc1cc2c(cc1[N+](=O)[O-])OCC2. The molecule has 1 aliphatic rings. The van der Waals surface area contributed by atoms with Gasteiger partial charge in [0.2, 0.25) is 0 Å². The largest absolute Gasteiger partial charge is 0.493 e. The van der Waals surface area contributed by atoms with E-state index in [1.807, 2.05) is 6.07 Å². The Bertz CT molecular complexity index is 373. The van der Waals surface area contributed by atoms with Gasteiger partial charge in [-0.05, 0) is 18.6 Å². The molecule has 4 nitrogen and oxygen atoms in total. The van der Waals surface area contributed by atoms with Crippen molar-refractivity contribution in [1.82, 2.24) is 0 Å². The monoisotopic (exact) mass is 179 g/mol. The van der Waals surface area contributed by atoms with Crippen molar-refractivity contribution in [3.63, 3.8) is 0 Å². The topological polar surface area (TPSA) is 52.4 Å². The van der Waals surface area contributed by atoms with E-state index in [0.717, 1.165) is 12.0 Å². The van der Waals surface area contributed by atoms with Crippen LogP contribution in [-0.2, 0) is 6.42 Å². The average Bonchev–Trinajstić information content (AvgIpc) is 2.48. The van der Waals surface area contributed by atoms with Crippen molar-refractivity contribution < 1.29 is 9.66 Å². The number of rotatable bonds is 1. The predicted molar refractivity (Wildman–Crippen MR) is 47.0 cm³/mol. The van der Waals surface area contributed by atoms with E-state index in [-0.39, 0.29) is 10.6 Å². The minimum atomic E-state index is -0.378. The van der Waals surface area contributed by atoms with Crippen molar-refractivity contribution in [2.75, 3.05) is 6.61 Å². The van der Waals surface area contributed by atoms with Crippen LogP contribution in [0.15, 0.2) is 12.1 Å². The van der Waals surface area contributed by atoms with Crippen LogP contribution in [0.4, 0.5) is 5.69 Å². The molecule has 0 saturated carbocycles. The van der Waals surface area contributed by atoms with Gasteiger partial charge in [-0.15, -0.1) is 0 Å². The number of nitrogens with zero attached hydrogens (tertiary/aromatic N) is 1. The maximum atomic E-state index is 10.6. The van der Waals surface area contributed by atoms with Gasteiger partial charge in [0.15, 0.2) is 0 Å². The molecule has 1 heterocycles. The smallest absolute Gasteiger partial charge is 0.276 e. The average molecular weight is 179 g/mol. The molecule has 1 aliphatic heterocycles. The minimum Gasteiger partial charge on any atom is -0.493 e. The Kier molecular flexibility index (Phi) is 1.69. The summed E-state index contributed by atoms with van der Waals surface area (Å²) in [6.45, 7) is 2.38. The normalized spacial score (nSPS) is 13.6.